The quantitative estimate of drug-likeness (QED) is 0.507. The van der Waals surface area contributed by atoms with Gasteiger partial charge in [-0.25, -0.2) is 4.68 Å². The number of carbonyl (C=O) groups is 1. The summed E-state index contributed by atoms with van der Waals surface area (Å²) in [5.41, 5.74) is 2.33. The molecule has 1 amide bonds. The van der Waals surface area contributed by atoms with Crippen molar-refractivity contribution in [1.29, 1.82) is 0 Å². The molecule has 0 bridgehead atoms. The molecule has 0 radical (unpaired) electrons. The van der Waals surface area contributed by atoms with Crippen molar-refractivity contribution in [2.75, 3.05) is 11.9 Å². The molecular weight excluding hydrogens is 382 g/mol. The fraction of sp³-hybridized carbons (Fsp3) is 0.0909. The summed E-state index contributed by atoms with van der Waals surface area (Å²) in [4.78, 5) is 12.3. The standard InChI is InChI=1S/C22H19N5O3/c1-16-7-8-17(27-15-23-25-26-27)13-21(16)24-22(28)14-29-18-9-11-20(12-10-18)30-19-5-3-2-4-6-19/h2-13,15H,14H2,1H3,(H,24,28). The SMILES string of the molecule is Cc1ccc(-n2cnnn2)cc1NC(=O)COc1ccc(Oc2ccccc2)cc1. The van der Waals surface area contributed by atoms with E-state index in [4.69, 9.17) is 9.47 Å². The largest absolute Gasteiger partial charge is 0.484 e. The molecule has 8 nitrogen and oxygen atoms in total. The molecule has 0 unspecified atom stereocenters. The van der Waals surface area contributed by atoms with E-state index < -0.39 is 0 Å². The minimum atomic E-state index is -0.267. The number of carbonyl (C=O) groups excluding carboxylic acids is 1. The number of nitrogens with zero attached hydrogens (tertiary/aromatic N) is 4. The van der Waals surface area contributed by atoms with Gasteiger partial charge in [-0.2, -0.15) is 0 Å². The molecule has 8 heteroatoms. The molecule has 150 valence electrons. The van der Waals surface area contributed by atoms with E-state index in [1.54, 1.807) is 30.3 Å². The molecule has 0 aliphatic carbocycles. The first-order valence-corrected chi connectivity index (χ1v) is 9.27. The lowest BCUT2D eigenvalue weighted by Crippen LogP contribution is -2.20. The average Bonchev–Trinajstić information content (AvgIpc) is 3.31. The maximum atomic E-state index is 12.3. The highest BCUT2D eigenvalue weighted by molar-refractivity contribution is 5.92. The van der Waals surface area contributed by atoms with Crippen molar-refractivity contribution in [1.82, 2.24) is 20.2 Å². The van der Waals surface area contributed by atoms with Crippen LogP contribution in [-0.2, 0) is 4.79 Å². The summed E-state index contributed by atoms with van der Waals surface area (Å²) in [7, 11) is 0. The smallest absolute Gasteiger partial charge is 0.262 e. The van der Waals surface area contributed by atoms with Crippen molar-refractivity contribution in [2.24, 2.45) is 0 Å². The number of benzene rings is 3. The second-order valence-electron chi connectivity index (χ2n) is 6.48. The van der Waals surface area contributed by atoms with Gasteiger partial charge in [0.2, 0.25) is 0 Å². The Morgan fingerprint density at radius 1 is 0.967 bits per heavy atom. The summed E-state index contributed by atoms with van der Waals surface area (Å²) in [6.07, 6.45) is 1.49. The van der Waals surface area contributed by atoms with Gasteiger partial charge in [-0.15, -0.1) is 5.10 Å². The molecule has 1 heterocycles. The van der Waals surface area contributed by atoms with E-state index in [1.807, 2.05) is 49.4 Å². The minimum absolute atomic E-state index is 0.118. The summed E-state index contributed by atoms with van der Waals surface area (Å²) in [6.45, 7) is 1.79. The first-order chi connectivity index (χ1) is 14.7. The van der Waals surface area contributed by atoms with E-state index in [2.05, 4.69) is 20.8 Å². The van der Waals surface area contributed by atoms with Crippen molar-refractivity contribution in [3.05, 3.63) is 84.7 Å². The normalized spacial score (nSPS) is 10.4. The number of aryl methyl sites for hydroxylation is 1. The highest BCUT2D eigenvalue weighted by Crippen LogP contribution is 2.24. The predicted molar refractivity (Wildman–Crippen MR) is 111 cm³/mol. The van der Waals surface area contributed by atoms with Gasteiger partial charge < -0.3 is 14.8 Å². The van der Waals surface area contributed by atoms with Crippen LogP contribution in [0.15, 0.2) is 79.1 Å². The maximum absolute atomic E-state index is 12.3. The highest BCUT2D eigenvalue weighted by atomic mass is 16.5. The molecule has 1 N–H and O–H groups in total. The lowest BCUT2D eigenvalue weighted by Gasteiger charge is -2.11. The summed E-state index contributed by atoms with van der Waals surface area (Å²) in [5.74, 6) is 1.75. The summed E-state index contributed by atoms with van der Waals surface area (Å²) in [5, 5.41) is 14.0. The number of hydrogen-bond acceptors (Lipinski definition) is 6. The Morgan fingerprint density at radius 2 is 1.70 bits per heavy atom. The lowest BCUT2D eigenvalue weighted by atomic mass is 10.2. The maximum Gasteiger partial charge on any atom is 0.262 e. The highest BCUT2D eigenvalue weighted by Gasteiger charge is 2.09. The first kappa shape index (κ1) is 19.1. The Kier molecular flexibility index (Phi) is 5.66. The molecule has 0 fully saturated rings. The third kappa shape index (κ3) is 4.79. The Labute approximate surface area is 173 Å². The third-order valence-electron chi connectivity index (χ3n) is 4.28. The van der Waals surface area contributed by atoms with Gasteiger partial charge in [-0.05, 0) is 71.4 Å². The van der Waals surface area contributed by atoms with Crippen molar-refractivity contribution in [2.45, 2.75) is 6.92 Å². The third-order valence-corrected chi connectivity index (χ3v) is 4.28. The Balaban J connectivity index is 1.33. The van der Waals surface area contributed by atoms with Crippen LogP contribution in [0.4, 0.5) is 5.69 Å². The zero-order valence-electron chi connectivity index (χ0n) is 16.2. The van der Waals surface area contributed by atoms with E-state index in [0.29, 0.717) is 17.2 Å². The van der Waals surface area contributed by atoms with Gasteiger partial charge in [-0.1, -0.05) is 24.3 Å². The molecule has 0 saturated carbocycles. The van der Waals surface area contributed by atoms with Crippen molar-refractivity contribution in [3.8, 4) is 22.9 Å². The molecule has 0 spiro atoms. The monoisotopic (exact) mass is 401 g/mol. The van der Waals surface area contributed by atoms with Crippen molar-refractivity contribution >= 4 is 11.6 Å². The average molecular weight is 401 g/mol. The molecule has 0 atom stereocenters. The van der Waals surface area contributed by atoms with Gasteiger partial charge in [-0.3, -0.25) is 4.79 Å². The van der Waals surface area contributed by atoms with Gasteiger partial charge in [0.25, 0.3) is 5.91 Å². The number of hydrogen-bond donors (Lipinski definition) is 1. The van der Waals surface area contributed by atoms with Gasteiger partial charge in [0, 0.05) is 5.69 Å². The fourth-order valence-corrected chi connectivity index (χ4v) is 2.73. The Hall–Kier alpha value is -4.20. The van der Waals surface area contributed by atoms with Gasteiger partial charge in [0.15, 0.2) is 6.61 Å². The van der Waals surface area contributed by atoms with Gasteiger partial charge in [0.05, 0.1) is 5.69 Å². The first-order valence-electron chi connectivity index (χ1n) is 9.27. The molecule has 4 rings (SSSR count). The number of tetrazole rings is 1. The Morgan fingerprint density at radius 3 is 2.43 bits per heavy atom. The van der Waals surface area contributed by atoms with Crippen LogP contribution < -0.4 is 14.8 Å². The molecule has 1 aromatic heterocycles. The molecule has 0 aliphatic heterocycles. The second-order valence-corrected chi connectivity index (χ2v) is 6.48. The fourth-order valence-electron chi connectivity index (χ4n) is 2.73. The number of para-hydroxylation sites is 1. The van der Waals surface area contributed by atoms with Crippen LogP contribution >= 0.6 is 0 Å². The minimum Gasteiger partial charge on any atom is -0.484 e. The van der Waals surface area contributed by atoms with Gasteiger partial charge >= 0.3 is 0 Å². The summed E-state index contributed by atoms with van der Waals surface area (Å²) < 4.78 is 12.8. The van der Waals surface area contributed by atoms with Crippen LogP contribution in [0.5, 0.6) is 17.2 Å². The van der Waals surface area contributed by atoms with Crippen molar-refractivity contribution < 1.29 is 14.3 Å². The summed E-state index contributed by atoms with van der Waals surface area (Å²) in [6, 6.07) is 22.2. The van der Waals surface area contributed by atoms with Crippen LogP contribution in [0.1, 0.15) is 5.56 Å². The Bertz CT molecular complexity index is 1110. The van der Waals surface area contributed by atoms with Crippen LogP contribution in [0.3, 0.4) is 0 Å². The predicted octanol–water partition coefficient (Wildman–Crippen LogP) is 3.78. The van der Waals surface area contributed by atoms with E-state index in [-0.39, 0.29) is 12.5 Å². The van der Waals surface area contributed by atoms with Crippen LogP contribution in [0.25, 0.3) is 5.69 Å². The van der Waals surface area contributed by atoms with E-state index in [9.17, 15) is 4.79 Å². The zero-order valence-corrected chi connectivity index (χ0v) is 16.2. The topological polar surface area (TPSA) is 91.2 Å². The number of amides is 1. The number of rotatable bonds is 7. The molecule has 30 heavy (non-hydrogen) atoms. The molecule has 4 aromatic rings. The van der Waals surface area contributed by atoms with Crippen LogP contribution in [0.2, 0.25) is 0 Å². The molecule has 0 saturated heterocycles. The number of nitrogens with one attached hydrogen (secondary N) is 1. The van der Waals surface area contributed by atoms with E-state index in [1.165, 1.54) is 11.0 Å². The molecular formula is C22H19N5O3. The lowest BCUT2D eigenvalue weighted by molar-refractivity contribution is -0.118. The van der Waals surface area contributed by atoms with E-state index >= 15 is 0 Å². The summed E-state index contributed by atoms with van der Waals surface area (Å²) >= 11 is 0. The zero-order chi connectivity index (χ0) is 20.8. The van der Waals surface area contributed by atoms with Crippen LogP contribution in [0, 0.1) is 6.92 Å². The van der Waals surface area contributed by atoms with Gasteiger partial charge in [0.1, 0.15) is 23.6 Å². The van der Waals surface area contributed by atoms with Crippen molar-refractivity contribution in [3.63, 3.8) is 0 Å². The van der Waals surface area contributed by atoms with Crippen LogP contribution in [-0.4, -0.2) is 32.7 Å². The second kappa shape index (κ2) is 8.87. The number of ether oxygens (including phenoxy) is 2. The van der Waals surface area contributed by atoms with E-state index in [0.717, 1.165) is 17.0 Å². The number of anilines is 1. The molecule has 0 aliphatic rings. The number of aromatic nitrogens is 4. The molecule has 3 aromatic carbocycles.